The summed E-state index contributed by atoms with van der Waals surface area (Å²) in [5.74, 6) is 0.719. The lowest BCUT2D eigenvalue weighted by atomic mass is 10.1. The van der Waals surface area contributed by atoms with E-state index in [0.717, 1.165) is 5.56 Å². The van der Waals surface area contributed by atoms with Gasteiger partial charge in [-0.1, -0.05) is 35.3 Å². The number of aryl methyl sites for hydroxylation is 1. The minimum absolute atomic E-state index is 0.170. The molecule has 0 aliphatic rings. The van der Waals surface area contributed by atoms with Crippen LogP contribution in [0.1, 0.15) is 5.82 Å². The summed E-state index contributed by atoms with van der Waals surface area (Å²) in [5.41, 5.74) is 1.44. The van der Waals surface area contributed by atoms with Crippen molar-refractivity contribution in [2.45, 2.75) is 13.5 Å². The Bertz CT molecular complexity index is 1100. The van der Waals surface area contributed by atoms with Gasteiger partial charge in [-0.25, -0.2) is 4.98 Å². The molecule has 1 N–H and O–H groups in total. The number of halogens is 2. The van der Waals surface area contributed by atoms with Crippen LogP contribution in [-0.4, -0.2) is 22.6 Å². The Hall–Kier alpha value is -2.83. The zero-order chi connectivity index (χ0) is 20.3. The van der Waals surface area contributed by atoms with E-state index in [0.29, 0.717) is 33.0 Å². The molecule has 0 unspecified atom stereocenters. The fourth-order valence-corrected chi connectivity index (χ4v) is 2.96. The van der Waals surface area contributed by atoms with Crippen molar-refractivity contribution in [2.24, 2.45) is 0 Å². The standard InChI is InChI=1S/C20H17Cl2N3O3/c1-12-23-18(13-4-3-5-15(8-13)28-2)10-20(27)25(12)11-19(26)24-14-6-7-16(21)17(22)9-14/h3-10H,11H2,1-2H3,(H,24,26). The quantitative estimate of drug-likeness (QED) is 0.675. The number of rotatable bonds is 5. The van der Waals surface area contributed by atoms with Crippen LogP contribution >= 0.6 is 23.2 Å². The number of hydrogen-bond acceptors (Lipinski definition) is 4. The van der Waals surface area contributed by atoms with Gasteiger partial charge in [-0.3, -0.25) is 14.2 Å². The highest BCUT2D eigenvalue weighted by atomic mass is 35.5. The number of nitrogens with zero attached hydrogens (tertiary/aromatic N) is 2. The normalized spacial score (nSPS) is 10.6. The molecule has 0 aliphatic heterocycles. The zero-order valence-electron chi connectivity index (χ0n) is 15.2. The molecule has 1 aromatic heterocycles. The van der Waals surface area contributed by atoms with Crippen molar-refractivity contribution in [2.75, 3.05) is 12.4 Å². The third kappa shape index (κ3) is 4.52. The van der Waals surface area contributed by atoms with Gasteiger partial charge in [0.25, 0.3) is 5.56 Å². The molecular formula is C20H17Cl2N3O3. The fraction of sp³-hybridized carbons (Fsp3) is 0.150. The highest BCUT2D eigenvalue weighted by Crippen LogP contribution is 2.25. The van der Waals surface area contributed by atoms with Crippen molar-refractivity contribution in [3.05, 3.63) is 74.8 Å². The predicted octanol–water partition coefficient (Wildman–Crippen LogP) is 4.17. The van der Waals surface area contributed by atoms with Gasteiger partial charge >= 0.3 is 0 Å². The molecule has 0 saturated carbocycles. The van der Waals surface area contributed by atoms with Gasteiger partial charge in [0.2, 0.25) is 5.91 Å². The van der Waals surface area contributed by atoms with E-state index in [1.807, 2.05) is 18.2 Å². The van der Waals surface area contributed by atoms with Gasteiger partial charge in [0.15, 0.2) is 0 Å². The molecule has 2 aromatic carbocycles. The second-order valence-electron chi connectivity index (χ2n) is 6.02. The first-order valence-electron chi connectivity index (χ1n) is 8.35. The molecule has 1 amide bonds. The van der Waals surface area contributed by atoms with Crippen molar-refractivity contribution < 1.29 is 9.53 Å². The van der Waals surface area contributed by atoms with Crippen LogP contribution in [0.2, 0.25) is 10.0 Å². The average molecular weight is 418 g/mol. The Balaban J connectivity index is 1.81. The van der Waals surface area contributed by atoms with E-state index in [4.69, 9.17) is 27.9 Å². The third-order valence-corrected chi connectivity index (χ3v) is 4.81. The first-order valence-corrected chi connectivity index (χ1v) is 9.11. The van der Waals surface area contributed by atoms with Crippen LogP contribution in [0.4, 0.5) is 5.69 Å². The van der Waals surface area contributed by atoms with E-state index in [1.165, 1.54) is 10.6 Å². The van der Waals surface area contributed by atoms with Gasteiger partial charge < -0.3 is 10.1 Å². The van der Waals surface area contributed by atoms with Gasteiger partial charge in [-0.2, -0.15) is 0 Å². The van der Waals surface area contributed by atoms with Crippen LogP contribution in [0.15, 0.2) is 53.3 Å². The highest BCUT2D eigenvalue weighted by Gasteiger charge is 2.12. The maximum atomic E-state index is 12.5. The second kappa shape index (κ2) is 8.46. The summed E-state index contributed by atoms with van der Waals surface area (Å²) >= 11 is 11.8. The second-order valence-corrected chi connectivity index (χ2v) is 6.84. The first-order chi connectivity index (χ1) is 13.4. The molecule has 3 rings (SSSR count). The monoisotopic (exact) mass is 417 g/mol. The summed E-state index contributed by atoms with van der Waals surface area (Å²) in [7, 11) is 1.57. The van der Waals surface area contributed by atoms with Crippen molar-refractivity contribution in [1.82, 2.24) is 9.55 Å². The molecule has 0 aliphatic carbocycles. The lowest BCUT2D eigenvalue weighted by molar-refractivity contribution is -0.116. The number of anilines is 1. The molecule has 0 spiro atoms. The van der Waals surface area contributed by atoms with Crippen LogP contribution in [0.25, 0.3) is 11.3 Å². The number of amides is 1. The van der Waals surface area contributed by atoms with E-state index in [9.17, 15) is 9.59 Å². The van der Waals surface area contributed by atoms with Gasteiger partial charge in [-0.15, -0.1) is 0 Å². The SMILES string of the molecule is COc1cccc(-c2cc(=O)n(CC(=O)Nc3ccc(Cl)c(Cl)c3)c(C)n2)c1. The molecule has 0 bridgehead atoms. The fourth-order valence-electron chi connectivity index (χ4n) is 2.66. The summed E-state index contributed by atoms with van der Waals surface area (Å²) < 4.78 is 6.51. The van der Waals surface area contributed by atoms with E-state index >= 15 is 0 Å². The number of aromatic nitrogens is 2. The van der Waals surface area contributed by atoms with E-state index in [-0.39, 0.29) is 18.0 Å². The Labute approximate surface area is 171 Å². The molecule has 0 radical (unpaired) electrons. The molecule has 0 atom stereocenters. The molecule has 144 valence electrons. The Morgan fingerprint density at radius 1 is 1.14 bits per heavy atom. The molecule has 3 aromatic rings. The minimum atomic E-state index is -0.375. The first kappa shape index (κ1) is 19.9. The Kier molecular flexibility index (Phi) is 6.02. The number of carbonyl (C=O) groups is 1. The maximum absolute atomic E-state index is 12.5. The summed E-state index contributed by atoms with van der Waals surface area (Å²) in [6.07, 6.45) is 0. The van der Waals surface area contributed by atoms with Crippen LogP contribution in [-0.2, 0) is 11.3 Å². The maximum Gasteiger partial charge on any atom is 0.254 e. The van der Waals surface area contributed by atoms with Gasteiger partial charge in [0, 0.05) is 17.3 Å². The zero-order valence-corrected chi connectivity index (χ0v) is 16.7. The third-order valence-electron chi connectivity index (χ3n) is 4.07. The molecule has 1 heterocycles. The molecule has 8 heteroatoms. The lowest BCUT2D eigenvalue weighted by Crippen LogP contribution is -2.29. The van der Waals surface area contributed by atoms with Crippen LogP contribution in [0.3, 0.4) is 0 Å². The van der Waals surface area contributed by atoms with E-state index in [1.54, 1.807) is 38.3 Å². The number of benzene rings is 2. The van der Waals surface area contributed by atoms with E-state index in [2.05, 4.69) is 10.3 Å². The topological polar surface area (TPSA) is 73.2 Å². The predicted molar refractivity (Wildman–Crippen MR) is 110 cm³/mol. The lowest BCUT2D eigenvalue weighted by Gasteiger charge is -2.12. The average Bonchev–Trinajstić information content (AvgIpc) is 2.67. The molecule has 28 heavy (non-hydrogen) atoms. The van der Waals surface area contributed by atoms with Gasteiger partial charge in [-0.05, 0) is 37.3 Å². The van der Waals surface area contributed by atoms with Gasteiger partial charge in [0.1, 0.15) is 18.1 Å². The van der Waals surface area contributed by atoms with E-state index < -0.39 is 0 Å². The largest absolute Gasteiger partial charge is 0.497 e. The number of ether oxygens (including phenoxy) is 1. The number of nitrogens with one attached hydrogen (secondary N) is 1. The van der Waals surface area contributed by atoms with Crippen molar-refractivity contribution in [3.8, 4) is 17.0 Å². The van der Waals surface area contributed by atoms with Crippen LogP contribution in [0.5, 0.6) is 5.75 Å². The van der Waals surface area contributed by atoms with Crippen LogP contribution < -0.4 is 15.6 Å². The van der Waals surface area contributed by atoms with Gasteiger partial charge in [0.05, 0.1) is 22.8 Å². The summed E-state index contributed by atoms with van der Waals surface area (Å²) in [6.45, 7) is 1.51. The minimum Gasteiger partial charge on any atom is -0.497 e. The molecule has 0 saturated heterocycles. The smallest absolute Gasteiger partial charge is 0.254 e. The van der Waals surface area contributed by atoms with Crippen molar-refractivity contribution in [3.63, 3.8) is 0 Å². The Morgan fingerprint density at radius 2 is 1.93 bits per heavy atom. The molecular weight excluding hydrogens is 401 g/mol. The van der Waals surface area contributed by atoms with Crippen molar-refractivity contribution >= 4 is 34.8 Å². The number of hydrogen-bond donors (Lipinski definition) is 1. The van der Waals surface area contributed by atoms with Crippen molar-refractivity contribution in [1.29, 1.82) is 0 Å². The number of methoxy groups -OCH3 is 1. The highest BCUT2D eigenvalue weighted by molar-refractivity contribution is 6.42. The summed E-state index contributed by atoms with van der Waals surface area (Å²) in [6, 6.07) is 13.4. The number of carbonyl (C=O) groups excluding carboxylic acids is 1. The Morgan fingerprint density at radius 3 is 2.61 bits per heavy atom. The molecule has 6 nitrogen and oxygen atoms in total. The van der Waals surface area contributed by atoms with Crippen LogP contribution in [0, 0.1) is 6.92 Å². The summed E-state index contributed by atoms with van der Waals surface area (Å²) in [4.78, 5) is 29.3. The molecule has 0 fully saturated rings. The summed E-state index contributed by atoms with van der Waals surface area (Å²) in [5, 5.41) is 3.41.